The Bertz CT molecular complexity index is 204. The van der Waals surface area contributed by atoms with Gasteiger partial charge < -0.3 is 30.3 Å². The van der Waals surface area contributed by atoms with Crippen molar-refractivity contribution >= 4 is 12.1 Å². The molecule has 0 heterocycles. The molecule has 4 atom stereocenters. The Morgan fingerprint density at radius 3 is 1.81 bits per heavy atom. The van der Waals surface area contributed by atoms with Gasteiger partial charge in [0, 0.05) is 0 Å². The third-order valence-corrected chi connectivity index (χ3v) is 1.66. The first-order valence-corrected chi connectivity index (χ1v) is 4.56. The average molecular weight is 238 g/mol. The van der Waals surface area contributed by atoms with Crippen LogP contribution in [0.5, 0.6) is 0 Å². The molecule has 7 nitrogen and oxygen atoms in total. The maximum absolute atomic E-state index is 9.89. The summed E-state index contributed by atoms with van der Waals surface area (Å²) in [5.74, 6) is -0.185. The van der Waals surface area contributed by atoms with Crippen LogP contribution in [-0.4, -0.2) is 68.6 Å². The molecule has 0 radical (unpaired) electrons. The van der Waals surface area contributed by atoms with Crippen molar-refractivity contribution in [2.75, 3.05) is 6.61 Å². The first-order chi connectivity index (χ1) is 7.27. The second-order valence-corrected chi connectivity index (χ2v) is 3.15. The minimum absolute atomic E-state index is 0.0869. The maximum Gasteiger partial charge on any atom is 0.157 e. The fourth-order valence-electron chi connectivity index (χ4n) is 0.416. The Balaban J connectivity index is 0. The zero-order chi connectivity index (χ0) is 13.3. The summed E-state index contributed by atoms with van der Waals surface area (Å²) in [7, 11) is 0. The van der Waals surface area contributed by atoms with Gasteiger partial charge in [0.1, 0.15) is 24.4 Å². The molecule has 0 amide bonds. The van der Waals surface area contributed by atoms with Crippen molar-refractivity contribution in [3.05, 3.63) is 0 Å². The summed E-state index contributed by atoms with van der Waals surface area (Å²) in [5, 5.41) is 42.3. The maximum atomic E-state index is 9.89. The Labute approximate surface area is 93.0 Å². The van der Waals surface area contributed by atoms with Crippen molar-refractivity contribution in [1.29, 1.82) is 0 Å². The van der Waals surface area contributed by atoms with Crippen molar-refractivity contribution in [2.45, 2.75) is 38.3 Å². The minimum Gasteiger partial charge on any atom is -0.394 e. The van der Waals surface area contributed by atoms with Crippen molar-refractivity contribution in [1.82, 2.24) is 0 Å². The Morgan fingerprint density at radius 1 is 1.25 bits per heavy atom. The van der Waals surface area contributed by atoms with Crippen molar-refractivity contribution < 1.29 is 35.1 Å². The number of hydrogen-bond donors (Lipinski definition) is 5. The highest BCUT2D eigenvalue weighted by molar-refractivity contribution is 5.79. The smallest absolute Gasteiger partial charge is 0.157 e. The van der Waals surface area contributed by atoms with Crippen LogP contribution in [0.1, 0.15) is 13.8 Å². The summed E-state index contributed by atoms with van der Waals surface area (Å²) >= 11 is 0. The third kappa shape index (κ3) is 8.45. The van der Waals surface area contributed by atoms with Crippen LogP contribution in [0.15, 0.2) is 0 Å². The van der Waals surface area contributed by atoms with E-state index in [9.17, 15) is 9.59 Å². The molecule has 16 heavy (non-hydrogen) atoms. The molecule has 0 aliphatic carbocycles. The van der Waals surface area contributed by atoms with Crippen LogP contribution in [0.4, 0.5) is 0 Å². The summed E-state index contributed by atoms with van der Waals surface area (Å²) in [4.78, 5) is 19.7. The lowest BCUT2D eigenvalue weighted by atomic mass is 10.1. The molecular weight excluding hydrogens is 220 g/mol. The molecule has 0 aromatic rings. The first kappa shape index (κ1) is 17.5. The topological polar surface area (TPSA) is 135 Å². The fourth-order valence-corrected chi connectivity index (χ4v) is 0.416. The minimum atomic E-state index is -1.64. The van der Waals surface area contributed by atoms with Crippen LogP contribution < -0.4 is 0 Å². The number of aliphatic hydroxyl groups is 5. The number of Topliss-reactive ketones (excluding diaryl/α,β-unsaturated/α-hetero) is 1. The van der Waals surface area contributed by atoms with Gasteiger partial charge in [-0.2, -0.15) is 0 Å². The summed E-state index contributed by atoms with van der Waals surface area (Å²) in [6.07, 6.45) is -5.42. The molecule has 7 heteroatoms. The van der Waals surface area contributed by atoms with E-state index in [1.165, 1.54) is 13.8 Å². The average Bonchev–Trinajstić information content (AvgIpc) is 2.26. The summed E-state index contributed by atoms with van der Waals surface area (Å²) in [5.41, 5.74) is 0. The third-order valence-electron chi connectivity index (χ3n) is 1.66. The highest BCUT2D eigenvalue weighted by Crippen LogP contribution is 1.96. The highest BCUT2D eigenvalue weighted by Gasteiger charge is 2.22. The molecular formula is C9H18O7. The Morgan fingerprint density at radius 2 is 1.62 bits per heavy atom. The van der Waals surface area contributed by atoms with Crippen molar-refractivity contribution in [3.63, 3.8) is 0 Å². The highest BCUT2D eigenvalue weighted by atomic mass is 16.4. The molecule has 0 aromatic heterocycles. The molecule has 0 aromatic carbocycles. The largest absolute Gasteiger partial charge is 0.394 e. The number of carbonyl (C=O) groups is 2. The normalized spacial score (nSPS) is 17.4. The zero-order valence-electron chi connectivity index (χ0n) is 9.15. The van der Waals surface area contributed by atoms with E-state index in [4.69, 9.17) is 25.5 Å². The molecule has 5 N–H and O–H groups in total. The van der Waals surface area contributed by atoms with Crippen LogP contribution in [0.2, 0.25) is 0 Å². The Kier molecular flexibility index (Phi) is 10.3. The second kappa shape index (κ2) is 9.37. The molecule has 0 saturated carbocycles. The SMILES string of the molecule is CC(=O)C(C)O.O=C[C@H](O)[C@H](O)[C@H](O)CO. The van der Waals surface area contributed by atoms with E-state index in [1.54, 1.807) is 0 Å². The van der Waals surface area contributed by atoms with Gasteiger partial charge in [-0.15, -0.1) is 0 Å². The van der Waals surface area contributed by atoms with Crippen LogP contribution >= 0.6 is 0 Å². The number of hydrogen-bond acceptors (Lipinski definition) is 7. The molecule has 0 spiro atoms. The van der Waals surface area contributed by atoms with Gasteiger partial charge in [-0.1, -0.05) is 0 Å². The van der Waals surface area contributed by atoms with Crippen LogP contribution in [0.25, 0.3) is 0 Å². The summed E-state index contributed by atoms with van der Waals surface area (Å²) < 4.78 is 0. The molecule has 1 unspecified atom stereocenters. The molecule has 0 aliphatic rings. The van der Waals surface area contributed by atoms with E-state index in [0.717, 1.165) is 0 Å². The molecule has 0 saturated heterocycles. The molecule has 96 valence electrons. The van der Waals surface area contributed by atoms with E-state index in [2.05, 4.69) is 0 Å². The van der Waals surface area contributed by atoms with Crippen molar-refractivity contribution in [3.8, 4) is 0 Å². The van der Waals surface area contributed by atoms with Crippen LogP contribution in [0, 0.1) is 0 Å². The monoisotopic (exact) mass is 238 g/mol. The van der Waals surface area contributed by atoms with Crippen LogP contribution in [-0.2, 0) is 9.59 Å². The number of rotatable bonds is 5. The van der Waals surface area contributed by atoms with E-state index in [0.29, 0.717) is 0 Å². The van der Waals surface area contributed by atoms with Gasteiger partial charge in [0.15, 0.2) is 12.1 Å². The van der Waals surface area contributed by atoms with Crippen LogP contribution in [0.3, 0.4) is 0 Å². The fraction of sp³-hybridized carbons (Fsp3) is 0.778. The van der Waals surface area contributed by atoms with Gasteiger partial charge >= 0.3 is 0 Å². The number of aldehydes is 1. The molecule has 0 fully saturated rings. The van der Waals surface area contributed by atoms with Gasteiger partial charge in [0.05, 0.1) is 6.61 Å². The second-order valence-electron chi connectivity index (χ2n) is 3.15. The van der Waals surface area contributed by atoms with E-state index >= 15 is 0 Å². The number of ketones is 1. The van der Waals surface area contributed by atoms with Gasteiger partial charge in [-0.25, -0.2) is 0 Å². The first-order valence-electron chi connectivity index (χ1n) is 4.56. The predicted molar refractivity (Wildman–Crippen MR) is 53.5 cm³/mol. The van der Waals surface area contributed by atoms with Gasteiger partial charge in [0.25, 0.3) is 0 Å². The lowest BCUT2D eigenvalue weighted by Crippen LogP contribution is -2.40. The number of carbonyl (C=O) groups excluding carboxylic acids is 2. The summed E-state index contributed by atoms with van der Waals surface area (Å²) in [6.45, 7) is 2.11. The van der Waals surface area contributed by atoms with E-state index in [1.807, 2.05) is 0 Å². The molecule has 0 rings (SSSR count). The van der Waals surface area contributed by atoms with Gasteiger partial charge in [-0.3, -0.25) is 4.79 Å². The standard InChI is InChI=1S/C5H10O5.C4H8O2/c6-1-3(8)5(10)4(9)2-7;1-3(5)4(2)6/h1,3-5,7-10H,2H2;3,5H,1-2H3/t3-,4+,5-;/m0./s1. The lowest BCUT2D eigenvalue weighted by molar-refractivity contribution is -0.127. The van der Waals surface area contributed by atoms with E-state index in [-0.39, 0.29) is 12.1 Å². The number of aliphatic hydroxyl groups excluding tert-OH is 5. The van der Waals surface area contributed by atoms with Gasteiger partial charge in [0.2, 0.25) is 0 Å². The predicted octanol–water partition coefficient (Wildman–Crippen LogP) is -2.78. The van der Waals surface area contributed by atoms with Crippen molar-refractivity contribution in [2.24, 2.45) is 0 Å². The quantitative estimate of drug-likeness (QED) is 0.327. The van der Waals surface area contributed by atoms with E-state index < -0.39 is 31.0 Å². The Hall–Kier alpha value is -0.860. The summed E-state index contributed by atoms with van der Waals surface area (Å²) in [6, 6.07) is 0. The lowest BCUT2D eigenvalue weighted by Gasteiger charge is -2.16. The zero-order valence-corrected chi connectivity index (χ0v) is 9.15. The molecule has 0 bridgehead atoms. The molecule has 0 aliphatic heterocycles. The van der Waals surface area contributed by atoms with Gasteiger partial charge in [-0.05, 0) is 13.8 Å².